The summed E-state index contributed by atoms with van der Waals surface area (Å²) in [5.74, 6) is 0.186. The number of anilines is 1. The first-order valence-corrected chi connectivity index (χ1v) is 10.5. The van der Waals surface area contributed by atoms with Gasteiger partial charge >= 0.3 is 0 Å². The van der Waals surface area contributed by atoms with Gasteiger partial charge in [-0.1, -0.05) is 11.8 Å². The van der Waals surface area contributed by atoms with Crippen LogP contribution in [0.15, 0.2) is 39.6 Å². The molecule has 156 valence electrons. The van der Waals surface area contributed by atoms with Crippen molar-refractivity contribution in [2.24, 2.45) is 10.7 Å². The second kappa shape index (κ2) is 9.78. The zero-order valence-electron chi connectivity index (χ0n) is 16.8. The Morgan fingerprint density at radius 2 is 2.24 bits per heavy atom. The van der Waals surface area contributed by atoms with Crippen LogP contribution in [0, 0.1) is 5.95 Å². The van der Waals surface area contributed by atoms with Gasteiger partial charge in [0, 0.05) is 63.8 Å². The molecule has 9 heteroatoms. The van der Waals surface area contributed by atoms with Crippen molar-refractivity contribution in [2.45, 2.75) is 24.6 Å². The number of halogens is 1. The van der Waals surface area contributed by atoms with Gasteiger partial charge in [0.2, 0.25) is 5.95 Å². The van der Waals surface area contributed by atoms with Crippen LogP contribution in [0.5, 0.6) is 0 Å². The number of aromatic nitrogens is 1. The van der Waals surface area contributed by atoms with Crippen molar-refractivity contribution in [3.8, 4) is 0 Å². The van der Waals surface area contributed by atoms with Crippen molar-refractivity contribution in [2.75, 3.05) is 38.6 Å². The van der Waals surface area contributed by atoms with Crippen LogP contribution in [0.3, 0.4) is 0 Å². The zero-order chi connectivity index (χ0) is 20.8. The van der Waals surface area contributed by atoms with Crippen LogP contribution in [-0.2, 0) is 4.79 Å². The summed E-state index contributed by atoms with van der Waals surface area (Å²) >= 11 is 1.32. The molecule has 1 aromatic heterocycles. The van der Waals surface area contributed by atoms with E-state index in [0.717, 1.165) is 43.6 Å². The summed E-state index contributed by atoms with van der Waals surface area (Å²) in [6.45, 7) is 2.47. The normalized spacial score (nSPS) is 19.9. The largest absolute Gasteiger partial charge is 0.403 e. The predicted molar refractivity (Wildman–Crippen MR) is 116 cm³/mol. The van der Waals surface area contributed by atoms with E-state index < -0.39 is 5.95 Å². The first-order chi connectivity index (χ1) is 14.1. The molecule has 3 N–H and O–H groups in total. The number of nitrogens with two attached hydrogens (primary N) is 1. The van der Waals surface area contributed by atoms with Gasteiger partial charge in [-0.05, 0) is 25.0 Å². The van der Waals surface area contributed by atoms with Crippen LogP contribution in [0.1, 0.15) is 30.2 Å². The van der Waals surface area contributed by atoms with E-state index in [-0.39, 0.29) is 5.37 Å². The molecule has 7 nitrogen and oxygen atoms in total. The molecule has 0 saturated carbocycles. The quantitative estimate of drug-likeness (QED) is 0.381. The number of nitrogens with one attached hydrogen (secondary N) is 1. The molecule has 3 rings (SSSR count). The highest BCUT2D eigenvalue weighted by Gasteiger charge is 2.28. The van der Waals surface area contributed by atoms with Gasteiger partial charge in [-0.15, -0.1) is 0 Å². The average Bonchev–Trinajstić information content (AvgIpc) is 3.40. The molecule has 0 aromatic carbocycles. The van der Waals surface area contributed by atoms with E-state index in [1.54, 1.807) is 19.3 Å². The standard InChI is InChI=1S/C20H27FN6OS/c1-23-12-14(11-22)26(2)10-7-16-17(13-28)29-20(24-16)15-5-6-18(25-19(15)21)27-8-3-4-9-27/h5-6,11-13,20,24H,3-4,7-10,22H2,1-2H3/b14-11+,23-12?. The van der Waals surface area contributed by atoms with Gasteiger partial charge in [0.25, 0.3) is 0 Å². The number of aliphatic imine (C=N–C) groups is 1. The average molecular weight is 419 g/mol. The van der Waals surface area contributed by atoms with Gasteiger partial charge in [-0.25, -0.2) is 4.98 Å². The minimum atomic E-state index is -0.490. The summed E-state index contributed by atoms with van der Waals surface area (Å²) in [5.41, 5.74) is 7.68. The number of carbonyl (C=O) groups excluding carboxylic acids is 1. The molecule has 0 spiro atoms. The van der Waals surface area contributed by atoms with Crippen molar-refractivity contribution >= 4 is 30.1 Å². The molecule has 0 bridgehead atoms. The maximum absolute atomic E-state index is 14.7. The third-order valence-electron chi connectivity index (χ3n) is 5.10. The van der Waals surface area contributed by atoms with E-state index in [0.29, 0.717) is 29.3 Å². The number of rotatable bonds is 8. The Labute approximate surface area is 174 Å². The van der Waals surface area contributed by atoms with Gasteiger partial charge in [-0.2, -0.15) is 4.39 Å². The van der Waals surface area contributed by atoms with Gasteiger partial charge in [0.15, 0.2) is 6.29 Å². The van der Waals surface area contributed by atoms with E-state index in [9.17, 15) is 9.18 Å². The lowest BCUT2D eigenvalue weighted by Crippen LogP contribution is -2.24. The summed E-state index contributed by atoms with van der Waals surface area (Å²) in [6.07, 6.45) is 6.82. The van der Waals surface area contributed by atoms with Crippen LogP contribution in [0.25, 0.3) is 0 Å². The van der Waals surface area contributed by atoms with E-state index in [2.05, 4.69) is 20.2 Å². The molecule has 1 saturated heterocycles. The number of aldehydes is 1. The maximum atomic E-state index is 14.7. The monoisotopic (exact) mass is 418 g/mol. The van der Waals surface area contributed by atoms with E-state index in [1.807, 2.05) is 18.0 Å². The number of nitrogens with zero attached hydrogens (tertiary/aromatic N) is 4. The number of allylic oxidation sites excluding steroid dienone is 2. The van der Waals surface area contributed by atoms with Crippen LogP contribution in [-0.4, -0.2) is 56.1 Å². The molecule has 0 amide bonds. The van der Waals surface area contributed by atoms with Crippen LogP contribution < -0.4 is 16.0 Å². The van der Waals surface area contributed by atoms with Crippen LogP contribution >= 0.6 is 11.8 Å². The number of carbonyl (C=O) groups is 1. The van der Waals surface area contributed by atoms with E-state index in [4.69, 9.17) is 5.73 Å². The SMILES string of the molecule is CN=C/C(=C\N)N(C)CCC1=C(C=O)SC(c2ccc(N3CCCC3)nc2F)N1. The summed E-state index contributed by atoms with van der Waals surface area (Å²) in [4.78, 5) is 24.3. The Hall–Kier alpha value is -2.55. The maximum Gasteiger partial charge on any atom is 0.220 e. The lowest BCUT2D eigenvalue weighted by Gasteiger charge is -2.21. The molecule has 1 atom stereocenters. The Balaban J connectivity index is 1.66. The lowest BCUT2D eigenvalue weighted by molar-refractivity contribution is -0.104. The molecule has 29 heavy (non-hydrogen) atoms. The highest BCUT2D eigenvalue weighted by molar-refractivity contribution is 8.04. The van der Waals surface area contributed by atoms with Gasteiger partial charge in [0.05, 0.1) is 10.6 Å². The Morgan fingerprint density at radius 3 is 2.86 bits per heavy atom. The summed E-state index contributed by atoms with van der Waals surface area (Å²) in [7, 11) is 3.59. The molecule has 1 unspecified atom stereocenters. The van der Waals surface area contributed by atoms with Crippen molar-refractivity contribution < 1.29 is 9.18 Å². The van der Waals surface area contributed by atoms with E-state index >= 15 is 0 Å². The molecule has 0 radical (unpaired) electrons. The molecule has 2 aliphatic heterocycles. The fourth-order valence-electron chi connectivity index (χ4n) is 3.46. The van der Waals surface area contributed by atoms with Crippen molar-refractivity contribution in [3.63, 3.8) is 0 Å². The van der Waals surface area contributed by atoms with Crippen LogP contribution in [0.4, 0.5) is 10.2 Å². The molecule has 0 aliphatic carbocycles. The van der Waals surface area contributed by atoms with Crippen LogP contribution in [0.2, 0.25) is 0 Å². The van der Waals surface area contributed by atoms with E-state index in [1.165, 1.54) is 18.0 Å². The van der Waals surface area contributed by atoms with Crippen molar-refractivity contribution in [1.82, 2.24) is 15.2 Å². The summed E-state index contributed by atoms with van der Waals surface area (Å²) in [6, 6.07) is 3.63. The lowest BCUT2D eigenvalue weighted by atomic mass is 10.2. The molecule has 1 aromatic rings. The zero-order valence-corrected chi connectivity index (χ0v) is 17.6. The third-order valence-corrected chi connectivity index (χ3v) is 6.30. The topological polar surface area (TPSA) is 86.8 Å². The second-order valence-corrected chi connectivity index (χ2v) is 8.14. The summed E-state index contributed by atoms with van der Waals surface area (Å²) < 4.78 is 14.7. The Bertz CT molecular complexity index is 834. The summed E-state index contributed by atoms with van der Waals surface area (Å²) in [5, 5.41) is 2.93. The minimum absolute atomic E-state index is 0.364. The molecule has 2 aliphatic rings. The fourth-order valence-corrected chi connectivity index (χ4v) is 4.57. The van der Waals surface area contributed by atoms with Gasteiger partial charge in [-0.3, -0.25) is 9.79 Å². The van der Waals surface area contributed by atoms with Crippen molar-refractivity contribution in [3.05, 3.63) is 46.1 Å². The number of thioether (sulfide) groups is 1. The molecule has 3 heterocycles. The molecular formula is C20H27FN6OS. The smallest absolute Gasteiger partial charge is 0.220 e. The second-order valence-electron chi connectivity index (χ2n) is 7.00. The first-order valence-electron chi connectivity index (χ1n) is 9.65. The molecular weight excluding hydrogens is 391 g/mol. The number of pyridine rings is 1. The highest BCUT2D eigenvalue weighted by atomic mass is 32.2. The number of hydrogen-bond donors (Lipinski definition) is 2. The highest BCUT2D eigenvalue weighted by Crippen LogP contribution is 2.41. The third kappa shape index (κ3) is 4.90. The minimum Gasteiger partial charge on any atom is -0.403 e. The Kier molecular flexibility index (Phi) is 7.13. The predicted octanol–water partition coefficient (Wildman–Crippen LogP) is 2.39. The van der Waals surface area contributed by atoms with Gasteiger partial charge in [0.1, 0.15) is 11.2 Å². The Morgan fingerprint density at radius 1 is 1.48 bits per heavy atom. The molecule has 1 fully saturated rings. The number of hydrogen-bond acceptors (Lipinski definition) is 8. The van der Waals surface area contributed by atoms with Gasteiger partial charge < -0.3 is 20.9 Å². The van der Waals surface area contributed by atoms with Crippen molar-refractivity contribution in [1.29, 1.82) is 0 Å². The fraction of sp³-hybridized carbons (Fsp3) is 0.450. The first kappa shape index (κ1) is 21.2.